The topological polar surface area (TPSA) is 24.5 Å². The summed E-state index contributed by atoms with van der Waals surface area (Å²) in [6.07, 6.45) is 3.25. The summed E-state index contributed by atoms with van der Waals surface area (Å²) < 4.78 is 6.41. The number of piperidine rings is 1. The number of rotatable bonds is 2. The molecule has 1 saturated heterocycles. The highest BCUT2D eigenvalue weighted by atomic mass is 35.5. The third kappa shape index (κ3) is 2.67. The summed E-state index contributed by atoms with van der Waals surface area (Å²) in [5.41, 5.74) is 1.21. The highest BCUT2D eigenvalue weighted by Gasteiger charge is 2.42. The van der Waals surface area contributed by atoms with E-state index in [0.717, 1.165) is 49.7 Å². The fourth-order valence-electron chi connectivity index (χ4n) is 3.40. The van der Waals surface area contributed by atoms with Crippen molar-refractivity contribution in [3.8, 4) is 5.75 Å². The Morgan fingerprint density at radius 1 is 1.40 bits per heavy atom. The van der Waals surface area contributed by atoms with Crippen LogP contribution in [0.5, 0.6) is 5.75 Å². The zero-order valence-corrected chi connectivity index (χ0v) is 13.0. The van der Waals surface area contributed by atoms with Gasteiger partial charge >= 0.3 is 0 Å². The Bertz CT molecular complexity index is 483. The molecule has 3 rings (SSSR count). The van der Waals surface area contributed by atoms with Crippen LogP contribution in [0.15, 0.2) is 18.2 Å². The van der Waals surface area contributed by atoms with Crippen LogP contribution in [0.2, 0.25) is 5.02 Å². The molecular formula is C16H23ClN2O. The van der Waals surface area contributed by atoms with Crippen LogP contribution < -0.4 is 10.1 Å². The van der Waals surface area contributed by atoms with Gasteiger partial charge in [-0.2, -0.15) is 0 Å². The van der Waals surface area contributed by atoms with Gasteiger partial charge in [0.1, 0.15) is 11.4 Å². The number of likely N-dealkylation sites (tertiary alicyclic amines) is 1. The molecule has 2 heterocycles. The highest BCUT2D eigenvalue weighted by Crippen LogP contribution is 2.44. The third-order valence-corrected chi connectivity index (χ3v) is 4.83. The van der Waals surface area contributed by atoms with Gasteiger partial charge in [0.05, 0.1) is 0 Å². The molecule has 1 aromatic carbocycles. The van der Waals surface area contributed by atoms with Crippen molar-refractivity contribution >= 4 is 11.6 Å². The molecule has 1 aromatic rings. The zero-order chi connectivity index (χ0) is 14.2. The fraction of sp³-hybridized carbons (Fsp3) is 0.625. The Hall–Kier alpha value is -0.770. The Labute approximate surface area is 126 Å². The number of halogens is 1. The largest absolute Gasteiger partial charge is 0.487 e. The minimum absolute atomic E-state index is 0.000175. The lowest BCUT2D eigenvalue weighted by atomic mass is 9.80. The van der Waals surface area contributed by atoms with Gasteiger partial charge in [0.15, 0.2) is 0 Å². The van der Waals surface area contributed by atoms with Gasteiger partial charge < -0.3 is 15.0 Å². The molecule has 20 heavy (non-hydrogen) atoms. The van der Waals surface area contributed by atoms with E-state index in [2.05, 4.69) is 24.2 Å². The van der Waals surface area contributed by atoms with Gasteiger partial charge in [-0.3, -0.25) is 0 Å². The zero-order valence-electron chi connectivity index (χ0n) is 12.3. The minimum Gasteiger partial charge on any atom is -0.487 e. The van der Waals surface area contributed by atoms with E-state index in [0.29, 0.717) is 6.04 Å². The second kappa shape index (κ2) is 5.55. The van der Waals surface area contributed by atoms with E-state index in [1.165, 1.54) is 5.56 Å². The minimum atomic E-state index is 0.000175. The number of fused-ring (bicyclic) bond motifs is 1. The Morgan fingerprint density at radius 2 is 2.15 bits per heavy atom. The molecule has 1 spiro atoms. The van der Waals surface area contributed by atoms with Crippen LogP contribution in [0.3, 0.4) is 0 Å². The highest BCUT2D eigenvalue weighted by molar-refractivity contribution is 6.30. The molecule has 0 aliphatic carbocycles. The van der Waals surface area contributed by atoms with Gasteiger partial charge in [-0.15, -0.1) is 0 Å². The summed E-state index contributed by atoms with van der Waals surface area (Å²) in [4.78, 5) is 2.38. The monoisotopic (exact) mass is 294 g/mol. The van der Waals surface area contributed by atoms with Crippen LogP contribution in [0.4, 0.5) is 0 Å². The Balaban J connectivity index is 1.90. The lowest BCUT2D eigenvalue weighted by molar-refractivity contribution is -0.0200. The van der Waals surface area contributed by atoms with Gasteiger partial charge in [0, 0.05) is 36.1 Å². The first-order valence-electron chi connectivity index (χ1n) is 7.52. The van der Waals surface area contributed by atoms with Crippen molar-refractivity contribution in [2.45, 2.75) is 37.8 Å². The maximum atomic E-state index is 6.41. The predicted octanol–water partition coefficient (Wildman–Crippen LogP) is 3.24. The average molecular weight is 295 g/mol. The van der Waals surface area contributed by atoms with Gasteiger partial charge in [0.25, 0.3) is 0 Å². The lowest BCUT2D eigenvalue weighted by Gasteiger charge is -2.46. The van der Waals surface area contributed by atoms with Crippen molar-refractivity contribution < 1.29 is 4.74 Å². The van der Waals surface area contributed by atoms with Gasteiger partial charge in [-0.05, 0) is 44.6 Å². The normalized spacial score (nSPS) is 25.2. The van der Waals surface area contributed by atoms with E-state index in [1.807, 2.05) is 18.2 Å². The molecule has 0 radical (unpaired) electrons. The van der Waals surface area contributed by atoms with Gasteiger partial charge in [0.2, 0.25) is 0 Å². The van der Waals surface area contributed by atoms with E-state index in [1.54, 1.807) is 0 Å². The second-order valence-electron chi connectivity index (χ2n) is 6.08. The van der Waals surface area contributed by atoms with E-state index in [-0.39, 0.29) is 5.60 Å². The SMILES string of the molecule is CCNC1CC2(CCN(C)CC2)Oc2ccc(Cl)cc21. The van der Waals surface area contributed by atoms with Crippen LogP contribution in [-0.2, 0) is 0 Å². The lowest BCUT2D eigenvalue weighted by Crippen LogP contribution is -2.51. The van der Waals surface area contributed by atoms with Crippen LogP contribution in [-0.4, -0.2) is 37.2 Å². The van der Waals surface area contributed by atoms with Crippen molar-refractivity contribution in [3.05, 3.63) is 28.8 Å². The molecular weight excluding hydrogens is 272 g/mol. The van der Waals surface area contributed by atoms with Crippen molar-refractivity contribution in [1.82, 2.24) is 10.2 Å². The molecule has 1 atom stereocenters. The van der Waals surface area contributed by atoms with E-state index >= 15 is 0 Å². The average Bonchev–Trinajstić information content (AvgIpc) is 2.44. The first-order chi connectivity index (χ1) is 9.62. The molecule has 3 nitrogen and oxygen atoms in total. The third-order valence-electron chi connectivity index (χ3n) is 4.60. The fourth-order valence-corrected chi connectivity index (χ4v) is 3.58. The number of hydrogen-bond donors (Lipinski definition) is 1. The number of hydrogen-bond acceptors (Lipinski definition) is 3. The summed E-state index contributed by atoms with van der Waals surface area (Å²) in [5.74, 6) is 1.01. The Kier molecular flexibility index (Phi) is 3.93. The molecule has 0 saturated carbocycles. The molecule has 1 fully saturated rings. The van der Waals surface area contributed by atoms with Gasteiger partial charge in [-0.25, -0.2) is 0 Å². The molecule has 2 aliphatic heterocycles. The number of benzene rings is 1. The first kappa shape index (κ1) is 14.2. The number of nitrogens with zero attached hydrogens (tertiary/aromatic N) is 1. The standard InChI is InChI=1S/C16H23ClN2O/c1-3-18-14-11-16(6-8-19(2)9-7-16)20-15-5-4-12(17)10-13(14)15/h4-5,10,14,18H,3,6-9,11H2,1-2H3. The summed E-state index contributed by atoms with van der Waals surface area (Å²) in [6.45, 7) is 5.34. The molecule has 4 heteroatoms. The summed E-state index contributed by atoms with van der Waals surface area (Å²) >= 11 is 6.15. The molecule has 0 aromatic heterocycles. The Morgan fingerprint density at radius 3 is 2.85 bits per heavy atom. The van der Waals surface area contributed by atoms with Gasteiger partial charge in [-0.1, -0.05) is 18.5 Å². The van der Waals surface area contributed by atoms with Crippen LogP contribution in [0.25, 0.3) is 0 Å². The maximum Gasteiger partial charge on any atom is 0.125 e. The second-order valence-corrected chi connectivity index (χ2v) is 6.52. The molecule has 110 valence electrons. The molecule has 0 bridgehead atoms. The van der Waals surface area contributed by atoms with Crippen LogP contribution in [0, 0.1) is 0 Å². The van der Waals surface area contributed by atoms with Crippen LogP contribution >= 0.6 is 11.6 Å². The molecule has 0 amide bonds. The number of nitrogens with one attached hydrogen (secondary N) is 1. The predicted molar refractivity (Wildman–Crippen MR) is 82.6 cm³/mol. The number of ether oxygens (including phenoxy) is 1. The van der Waals surface area contributed by atoms with Crippen molar-refractivity contribution in [3.63, 3.8) is 0 Å². The smallest absolute Gasteiger partial charge is 0.125 e. The van der Waals surface area contributed by atoms with E-state index in [4.69, 9.17) is 16.3 Å². The molecule has 1 unspecified atom stereocenters. The quantitative estimate of drug-likeness (QED) is 0.906. The van der Waals surface area contributed by atoms with Crippen molar-refractivity contribution in [1.29, 1.82) is 0 Å². The summed E-state index contributed by atoms with van der Waals surface area (Å²) in [6, 6.07) is 6.36. The summed E-state index contributed by atoms with van der Waals surface area (Å²) in [5, 5.41) is 4.39. The van der Waals surface area contributed by atoms with Crippen molar-refractivity contribution in [2.24, 2.45) is 0 Å². The molecule has 1 N–H and O–H groups in total. The summed E-state index contributed by atoms with van der Waals surface area (Å²) in [7, 11) is 2.19. The first-order valence-corrected chi connectivity index (χ1v) is 7.90. The van der Waals surface area contributed by atoms with E-state index < -0.39 is 0 Å². The maximum absolute atomic E-state index is 6.41. The van der Waals surface area contributed by atoms with E-state index in [9.17, 15) is 0 Å². The van der Waals surface area contributed by atoms with Crippen LogP contribution in [0.1, 0.15) is 37.8 Å². The molecule has 2 aliphatic rings. The van der Waals surface area contributed by atoms with Crippen molar-refractivity contribution in [2.75, 3.05) is 26.7 Å².